The first-order valence-corrected chi connectivity index (χ1v) is 6.20. The van der Waals surface area contributed by atoms with E-state index >= 15 is 0 Å². The van der Waals surface area contributed by atoms with Gasteiger partial charge in [0.15, 0.2) is 0 Å². The summed E-state index contributed by atoms with van der Waals surface area (Å²) in [6.07, 6.45) is 3.39. The highest BCUT2D eigenvalue weighted by atomic mass is 19.1. The van der Waals surface area contributed by atoms with Crippen LogP contribution in [0.2, 0.25) is 0 Å². The summed E-state index contributed by atoms with van der Waals surface area (Å²) in [7, 11) is 0. The summed E-state index contributed by atoms with van der Waals surface area (Å²) >= 11 is 0. The fraction of sp³-hybridized carbons (Fsp3) is 0.286. The Kier molecular flexibility index (Phi) is 4.04. The monoisotopic (exact) mass is 263 g/mol. The molecule has 19 heavy (non-hydrogen) atoms. The zero-order valence-corrected chi connectivity index (χ0v) is 10.9. The molecule has 0 atom stereocenters. The summed E-state index contributed by atoms with van der Waals surface area (Å²) in [6, 6.07) is 3.22. The Hall–Kier alpha value is -2.04. The zero-order valence-electron chi connectivity index (χ0n) is 10.9. The van der Waals surface area contributed by atoms with Crippen LogP contribution in [0.25, 0.3) is 0 Å². The second-order valence-corrected chi connectivity index (χ2v) is 4.16. The number of halogens is 2. The molecule has 2 aromatic rings. The first kappa shape index (κ1) is 13.4. The molecule has 0 bridgehead atoms. The number of anilines is 2. The van der Waals surface area contributed by atoms with Crippen LogP contribution in [0.3, 0.4) is 0 Å². The Balaban J connectivity index is 2.28. The van der Waals surface area contributed by atoms with Crippen LogP contribution in [0.1, 0.15) is 25.1 Å². The van der Waals surface area contributed by atoms with Gasteiger partial charge in [-0.2, -0.15) is 0 Å². The number of nitrogens with zero attached hydrogens (tertiary/aromatic N) is 2. The molecule has 0 aliphatic heterocycles. The molecule has 0 aliphatic carbocycles. The van der Waals surface area contributed by atoms with Crippen LogP contribution in [-0.2, 0) is 12.8 Å². The van der Waals surface area contributed by atoms with E-state index in [0.717, 1.165) is 30.2 Å². The van der Waals surface area contributed by atoms with Crippen molar-refractivity contribution in [3.63, 3.8) is 0 Å². The average Bonchev–Trinajstić information content (AvgIpc) is 2.37. The van der Waals surface area contributed by atoms with Gasteiger partial charge in [-0.05, 0) is 30.5 Å². The Morgan fingerprint density at radius 2 is 1.74 bits per heavy atom. The molecule has 0 saturated carbocycles. The summed E-state index contributed by atoms with van der Waals surface area (Å²) < 4.78 is 26.1. The molecule has 0 unspecified atom stereocenters. The van der Waals surface area contributed by atoms with Crippen molar-refractivity contribution in [3.8, 4) is 0 Å². The quantitative estimate of drug-likeness (QED) is 0.915. The molecule has 0 aliphatic rings. The maximum atomic E-state index is 13.1. The molecular formula is C14H15F2N3. The van der Waals surface area contributed by atoms with E-state index in [1.165, 1.54) is 12.1 Å². The smallest absolute Gasteiger partial charge is 0.227 e. The molecule has 1 heterocycles. The molecule has 0 fully saturated rings. The maximum Gasteiger partial charge on any atom is 0.227 e. The molecule has 0 amide bonds. The molecule has 0 radical (unpaired) electrons. The molecule has 100 valence electrons. The lowest BCUT2D eigenvalue weighted by molar-refractivity contribution is 0.584. The normalized spacial score (nSPS) is 10.5. The molecule has 0 spiro atoms. The van der Waals surface area contributed by atoms with Gasteiger partial charge in [-0.15, -0.1) is 0 Å². The highest BCUT2D eigenvalue weighted by Gasteiger charge is 2.06. The second-order valence-electron chi connectivity index (χ2n) is 4.16. The van der Waals surface area contributed by atoms with Crippen molar-refractivity contribution in [2.75, 3.05) is 5.32 Å². The highest BCUT2D eigenvalue weighted by molar-refractivity contribution is 5.53. The van der Waals surface area contributed by atoms with Crippen molar-refractivity contribution in [3.05, 3.63) is 47.3 Å². The minimum absolute atomic E-state index is 0.295. The van der Waals surface area contributed by atoms with Gasteiger partial charge in [0.05, 0.1) is 0 Å². The van der Waals surface area contributed by atoms with E-state index in [4.69, 9.17) is 0 Å². The van der Waals surface area contributed by atoms with Crippen molar-refractivity contribution >= 4 is 11.6 Å². The molecule has 1 aromatic heterocycles. The Labute approximate surface area is 110 Å². The fourth-order valence-corrected chi connectivity index (χ4v) is 1.86. The van der Waals surface area contributed by atoms with Gasteiger partial charge >= 0.3 is 0 Å². The van der Waals surface area contributed by atoms with Crippen LogP contribution in [0.5, 0.6) is 0 Å². The lowest BCUT2D eigenvalue weighted by atomic mass is 10.1. The minimum Gasteiger partial charge on any atom is -0.324 e. The molecule has 1 N–H and O–H groups in total. The van der Waals surface area contributed by atoms with Crippen molar-refractivity contribution in [2.45, 2.75) is 26.7 Å². The van der Waals surface area contributed by atoms with Crippen LogP contribution >= 0.6 is 0 Å². The summed E-state index contributed by atoms with van der Waals surface area (Å²) in [4.78, 5) is 8.50. The van der Waals surface area contributed by atoms with E-state index in [1.54, 1.807) is 6.20 Å². The summed E-state index contributed by atoms with van der Waals surface area (Å²) in [5.74, 6) is -0.925. The number of aromatic nitrogens is 2. The molecule has 3 nitrogen and oxygen atoms in total. The second kappa shape index (κ2) is 5.73. The van der Waals surface area contributed by atoms with Crippen LogP contribution in [0.4, 0.5) is 20.4 Å². The number of benzene rings is 1. The maximum absolute atomic E-state index is 13.1. The van der Waals surface area contributed by atoms with Gasteiger partial charge in [0.2, 0.25) is 5.95 Å². The van der Waals surface area contributed by atoms with Gasteiger partial charge < -0.3 is 5.32 Å². The van der Waals surface area contributed by atoms with E-state index in [1.807, 2.05) is 13.8 Å². The van der Waals surface area contributed by atoms with Crippen LogP contribution in [-0.4, -0.2) is 9.97 Å². The third-order valence-electron chi connectivity index (χ3n) is 2.79. The van der Waals surface area contributed by atoms with Crippen LogP contribution in [0.15, 0.2) is 24.4 Å². The third-order valence-corrected chi connectivity index (χ3v) is 2.79. The SMILES string of the molecule is CCc1cnc(Nc2cc(F)cc(F)c2)nc1CC. The van der Waals surface area contributed by atoms with Gasteiger partial charge in [-0.1, -0.05) is 13.8 Å². The van der Waals surface area contributed by atoms with E-state index in [2.05, 4.69) is 15.3 Å². The van der Waals surface area contributed by atoms with E-state index in [0.29, 0.717) is 11.6 Å². The molecular weight excluding hydrogens is 248 g/mol. The lowest BCUT2D eigenvalue weighted by Gasteiger charge is -2.09. The Morgan fingerprint density at radius 3 is 2.32 bits per heavy atom. The fourth-order valence-electron chi connectivity index (χ4n) is 1.86. The molecule has 5 heteroatoms. The van der Waals surface area contributed by atoms with Crippen molar-refractivity contribution in [1.82, 2.24) is 9.97 Å². The van der Waals surface area contributed by atoms with Gasteiger partial charge in [0.25, 0.3) is 0 Å². The molecule has 1 aromatic carbocycles. The predicted octanol–water partition coefficient (Wildman–Crippen LogP) is 3.62. The van der Waals surface area contributed by atoms with Crippen LogP contribution in [0, 0.1) is 11.6 Å². The molecule has 2 rings (SSSR count). The first-order chi connectivity index (χ1) is 9.12. The summed E-state index contributed by atoms with van der Waals surface area (Å²) in [5, 5.41) is 2.81. The van der Waals surface area contributed by atoms with E-state index in [9.17, 15) is 8.78 Å². The average molecular weight is 263 g/mol. The predicted molar refractivity (Wildman–Crippen MR) is 70.4 cm³/mol. The number of nitrogens with one attached hydrogen (secondary N) is 1. The van der Waals surface area contributed by atoms with Crippen molar-refractivity contribution in [1.29, 1.82) is 0 Å². The van der Waals surface area contributed by atoms with Gasteiger partial charge in [-0.25, -0.2) is 18.7 Å². The van der Waals surface area contributed by atoms with E-state index in [-0.39, 0.29) is 0 Å². The zero-order chi connectivity index (χ0) is 13.8. The summed E-state index contributed by atoms with van der Waals surface area (Å²) in [6.45, 7) is 4.04. The number of aryl methyl sites for hydroxylation is 2. The Bertz CT molecular complexity index is 565. The van der Waals surface area contributed by atoms with Gasteiger partial charge in [-0.3, -0.25) is 0 Å². The van der Waals surface area contributed by atoms with Crippen molar-refractivity contribution < 1.29 is 8.78 Å². The van der Waals surface area contributed by atoms with Gasteiger partial charge in [0, 0.05) is 23.6 Å². The summed E-state index contributed by atoms with van der Waals surface area (Å²) in [5.41, 5.74) is 2.32. The highest BCUT2D eigenvalue weighted by Crippen LogP contribution is 2.17. The number of hydrogen-bond acceptors (Lipinski definition) is 3. The standard InChI is InChI=1S/C14H15F2N3/c1-3-9-8-17-14(19-13(9)4-2)18-12-6-10(15)5-11(16)7-12/h5-8H,3-4H2,1-2H3,(H,17,18,19). The number of rotatable bonds is 4. The third kappa shape index (κ3) is 3.24. The van der Waals surface area contributed by atoms with Crippen molar-refractivity contribution in [2.24, 2.45) is 0 Å². The van der Waals surface area contributed by atoms with Gasteiger partial charge in [0.1, 0.15) is 11.6 Å². The largest absolute Gasteiger partial charge is 0.324 e. The number of hydrogen-bond donors (Lipinski definition) is 1. The topological polar surface area (TPSA) is 37.8 Å². The Morgan fingerprint density at radius 1 is 1.05 bits per heavy atom. The van der Waals surface area contributed by atoms with E-state index < -0.39 is 11.6 Å². The molecule has 0 saturated heterocycles. The van der Waals surface area contributed by atoms with Crippen LogP contribution < -0.4 is 5.32 Å². The minimum atomic E-state index is -0.636. The lowest BCUT2D eigenvalue weighted by Crippen LogP contribution is -2.03. The first-order valence-electron chi connectivity index (χ1n) is 6.20.